The molecule has 0 fully saturated rings. The van der Waals surface area contributed by atoms with Crippen LogP contribution in [-0.4, -0.2) is 29.3 Å². The number of nitrogens with zero attached hydrogens (tertiary/aromatic N) is 3. The molecule has 1 aromatic heterocycles. The lowest BCUT2D eigenvalue weighted by Crippen LogP contribution is -2.38. The highest BCUT2D eigenvalue weighted by Gasteiger charge is 2.30. The van der Waals surface area contributed by atoms with Crippen molar-refractivity contribution < 1.29 is 9.53 Å². The van der Waals surface area contributed by atoms with E-state index in [9.17, 15) is 4.79 Å². The summed E-state index contributed by atoms with van der Waals surface area (Å²) >= 11 is 0. The number of anilines is 2. The molecule has 3 aromatic rings. The monoisotopic (exact) mass is 334 g/mol. The largest absolute Gasteiger partial charge is 0.497 e. The third-order valence-corrected chi connectivity index (χ3v) is 4.42. The summed E-state index contributed by atoms with van der Waals surface area (Å²) in [4.78, 5) is 14.9. The fraction of sp³-hybridized carbons (Fsp3) is 0.158. The SMILES string of the molecule is COc1ccc(-n2ncc3c2C(=O)N(c2ccc(N)cc2)CC3)cc1. The van der Waals surface area contributed by atoms with Crippen molar-refractivity contribution in [3.63, 3.8) is 0 Å². The van der Waals surface area contributed by atoms with Crippen LogP contribution in [0.4, 0.5) is 11.4 Å². The minimum Gasteiger partial charge on any atom is -0.497 e. The van der Waals surface area contributed by atoms with Crippen molar-refractivity contribution >= 4 is 17.3 Å². The van der Waals surface area contributed by atoms with Gasteiger partial charge in [0.05, 0.1) is 19.0 Å². The Bertz CT molecular complexity index is 914. The zero-order valence-electron chi connectivity index (χ0n) is 13.8. The first-order chi connectivity index (χ1) is 12.2. The minimum atomic E-state index is -0.0562. The number of fused-ring (bicyclic) bond motifs is 1. The maximum atomic E-state index is 13.1. The lowest BCUT2D eigenvalue weighted by Gasteiger charge is -2.27. The minimum absolute atomic E-state index is 0.0562. The predicted molar refractivity (Wildman–Crippen MR) is 96.4 cm³/mol. The highest BCUT2D eigenvalue weighted by molar-refractivity contribution is 6.07. The van der Waals surface area contributed by atoms with Crippen LogP contribution in [-0.2, 0) is 6.42 Å². The second-order valence-electron chi connectivity index (χ2n) is 5.93. The number of amides is 1. The molecule has 126 valence electrons. The fourth-order valence-electron chi connectivity index (χ4n) is 3.07. The van der Waals surface area contributed by atoms with Crippen molar-refractivity contribution in [1.82, 2.24) is 9.78 Å². The van der Waals surface area contributed by atoms with E-state index in [-0.39, 0.29) is 5.91 Å². The smallest absolute Gasteiger partial charge is 0.277 e. The van der Waals surface area contributed by atoms with Crippen molar-refractivity contribution in [2.75, 3.05) is 24.3 Å². The van der Waals surface area contributed by atoms with Gasteiger partial charge in [-0.2, -0.15) is 5.10 Å². The van der Waals surface area contributed by atoms with Crippen molar-refractivity contribution in [3.05, 3.63) is 66.0 Å². The van der Waals surface area contributed by atoms with Gasteiger partial charge in [-0.15, -0.1) is 0 Å². The van der Waals surface area contributed by atoms with Crippen LogP contribution in [0.5, 0.6) is 5.75 Å². The summed E-state index contributed by atoms with van der Waals surface area (Å²) in [7, 11) is 1.62. The number of benzene rings is 2. The van der Waals surface area contributed by atoms with Crippen LogP contribution in [0.25, 0.3) is 5.69 Å². The Labute approximate surface area is 145 Å². The van der Waals surface area contributed by atoms with E-state index >= 15 is 0 Å². The van der Waals surface area contributed by atoms with E-state index < -0.39 is 0 Å². The van der Waals surface area contributed by atoms with Crippen molar-refractivity contribution in [1.29, 1.82) is 0 Å². The van der Waals surface area contributed by atoms with Gasteiger partial charge in [-0.3, -0.25) is 4.79 Å². The van der Waals surface area contributed by atoms with Gasteiger partial charge >= 0.3 is 0 Å². The first kappa shape index (κ1) is 15.3. The van der Waals surface area contributed by atoms with Crippen LogP contribution >= 0.6 is 0 Å². The van der Waals surface area contributed by atoms with Crippen LogP contribution in [0.1, 0.15) is 16.1 Å². The third-order valence-electron chi connectivity index (χ3n) is 4.42. The molecule has 0 atom stereocenters. The molecule has 0 saturated heterocycles. The molecule has 6 nitrogen and oxygen atoms in total. The highest BCUT2D eigenvalue weighted by atomic mass is 16.5. The second-order valence-corrected chi connectivity index (χ2v) is 5.93. The summed E-state index contributed by atoms with van der Waals surface area (Å²) < 4.78 is 6.88. The maximum Gasteiger partial charge on any atom is 0.277 e. The number of rotatable bonds is 3. The van der Waals surface area contributed by atoms with Gasteiger partial charge in [0.15, 0.2) is 0 Å². The Morgan fingerprint density at radius 3 is 2.40 bits per heavy atom. The molecule has 1 aliphatic rings. The average molecular weight is 334 g/mol. The second kappa shape index (κ2) is 5.98. The summed E-state index contributed by atoms with van der Waals surface area (Å²) in [6, 6.07) is 14.8. The molecule has 1 aliphatic heterocycles. The lowest BCUT2D eigenvalue weighted by atomic mass is 10.1. The van der Waals surface area contributed by atoms with E-state index in [0.29, 0.717) is 17.9 Å². The Kier molecular flexibility index (Phi) is 3.65. The molecule has 0 aliphatic carbocycles. The molecule has 0 spiro atoms. The molecule has 0 saturated carbocycles. The van der Waals surface area contributed by atoms with E-state index in [1.54, 1.807) is 35.0 Å². The first-order valence-corrected chi connectivity index (χ1v) is 8.06. The first-order valence-electron chi connectivity index (χ1n) is 8.06. The van der Waals surface area contributed by atoms with Gasteiger partial charge in [0, 0.05) is 23.5 Å². The molecule has 6 heteroatoms. The number of methoxy groups -OCH3 is 1. The van der Waals surface area contributed by atoms with E-state index in [0.717, 1.165) is 29.1 Å². The molecule has 25 heavy (non-hydrogen) atoms. The van der Waals surface area contributed by atoms with E-state index in [2.05, 4.69) is 5.10 Å². The van der Waals surface area contributed by atoms with Crippen LogP contribution in [0.3, 0.4) is 0 Å². The molecule has 2 heterocycles. The van der Waals surface area contributed by atoms with Crippen molar-refractivity contribution in [3.8, 4) is 11.4 Å². The van der Waals surface area contributed by atoms with Gasteiger partial charge in [0.1, 0.15) is 11.4 Å². The summed E-state index contributed by atoms with van der Waals surface area (Å²) in [5.41, 5.74) is 9.66. The van der Waals surface area contributed by atoms with E-state index in [4.69, 9.17) is 10.5 Å². The van der Waals surface area contributed by atoms with Crippen molar-refractivity contribution in [2.24, 2.45) is 0 Å². The molecule has 4 rings (SSSR count). The summed E-state index contributed by atoms with van der Waals surface area (Å²) in [5.74, 6) is 0.707. The van der Waals surface area contributed by atoms with Gasteiger partial charge < -0.3 is 15.4 Å². The molecular weight excluding hydrogens is 316 g/mol. The number of ether oxygens (including phenoxy) is 1. The Morgan fingerprint density at radius 1 is 1.04 bits per heavy atom. The molecule has 2 N–H and O–H groups in total. The Hall–Kier alpha value is -3.28. The normalized spacial score (nSPS) is 13.6. The topological polar surface area (TPSA) is 73.4 Å². The fourth-order valence-corrected chi connectivity index (χ4v) is 3.07. The quantitative estimate of drug-likeness (QED) is 0.747. The molecule has 0 radical (unpaired) electrons. The maximum absolute atomic E-state index is 13.1. The molecule has 0 bridgehead atoms. The number of nitrogen functional groups attached to an aromatic ring is 1. The predicted octanol–water partition coefficient (Wildman–Crippen LogP) is 2.67. The standard InChI is InChI=1S/C19H18N4O2/c1-25-17-8-6-16(7-9-17)23-18-13(12-21-23)10-11-22(19(18)24)15-4-2-14(20)3-5-15/h2-9,12H,10-11,20H2,1H3. The average Bonchev–Trinajstić information content (AvgIpc) is 3.08. The lowest BCUT2D eigenvalue weighted by molar-refractivity contribution is 0.0973. The van der Waals surface area contributed by atoms with Gasteiger partial charge in [-0.1, -0.05) is 0 Å². The van der Waals surface area contributed by atoms with Crippen LogP contribution in [0.15, 0.2) is 54.7 Å². The van der Waals surface area contributed by atoms with Crippen LogP contribution < -0.4 is 15.4 Å². The number of hydrogen-bond acceptors (Lipinski definition) is 4. The molecular formula is C19H18N4O2. The number of carbonyl (C=O) groups excluding carboxylic acids is 1. The zero-order chi connectivity index (χ0) is 17.4. The molecule has 2 aromatic carbocycles. The molecule has 0 unspecified atom stereocenters. The van der Waals surface area contributed by atoms with Crippen LogP contribution in [0.2, 0.25) is 0 Å². The van der Waals surface area contributed by atoms with Gasteiger partial charge in [-0.25, -0.2) is 4.68 Å². The summed E-state index contributed by atoms with van der Waals surface area (Å²) in [6.45, 7) is 0.629. The van der Waals surface area contributed by atoms with Gasteiger partial charge in [0.2, 0.25) is 0 Å². The zero-order valence-corrected chi connectivity index (χ0v) is 13.8. The number of carbonyl (C=O) groups is 1. The highest BCUT2D eigenvalue weighted by Crippen LogP contribution is 2.27. The van der Waals surface area contributed by atoms with Crippen LogP contribution in [0, 0.1) is 0 Å². The van der Waals surface area contributed by atoms with Gasteiger partial charge in [0.25, 0.3) is 5.91 Å². The number of hydrogen-bond donors (Lipinski definition) is 1. The van der Waals surface area contributed by atoms with Crippen molar-refractivity contribution in [2.45, 2.75) is 6.42 Å². The Morgan fingerprint density at radius 2 is 1.72 bits per heavy atom. The summed E-state index contributed by atoms with van der Waals surface area (Å²) in [5, 5.41) is 4.42. The van der Waals surface area contributed by atoms with Gasteiger partial charge in [-0.05, 0) is 55.0 Å². The number of aromatic nitrogens is 2. The third kappa shape index (κ3) is 2.61. The number of nitrogens with two attached hydrogens (primary N) is 1. The Balaban J connectivity index is 1.72. The van der Waals surface area contributed by atoms with E-state index in [1.807, 2.05) is 36.4 Å². The van der Waals surface area contributed by atoms with E-state index in [1.165, 1.54) is 0 Å². The molecule has 1 amide bonds. The summed E-state index contributed by atoms with van der Waals surface area (Å²) in [6.07, 6.45) is 2.54.